The lowest BCUT2D eigenvalue weighted by Crippen LogP contribution is -2.37. The molecule has 0 saturated carbocycles. The molecular formula is C31H25F3N2O4. The molecular weight excluding hydrogens is 521 g/mol. The maximum Gasteiger partial charge on any atom is 0.418 e. The summed E-state index contributed by atoms with van der Waals surface area (Å²) in [6.45, 7) is 1.75. The van der Waals surface area contributed by atoms with Crippen molar-refractivity contribution in [1.29, 1.82) is 0 Å². The first-order valence-electron chi connectivity index (χ1n) is 12.9. The minimum Gasteiger partial charge on any atom is -0.454 e. The van der Waals surface area contributed by atoms with Crippen LogP contribution in [0, 0.1) is 0 Å². The second-order valence-corrected chi connectivity index (χ2v) is 10.0. The molecule has 0 radical (unpaired) electrons. The number of allylic oxidation sites excluding steroid dienone is 3. The molecule has 0 fully saturated rings. The number of amides is 1. The SMILES string of the molecule is CC1=C(C(=O)Nc2ccccc2C(F)(F)F)[C@@H](c2ccc3c(c2)OCO3)C2=C(C[C@H](c3ccccc3)CC2=O)N1. The molecule has 1 amide bonds. The lowest BCUT2D eigenvalue weighted by atomic mass is 9.71. The Morgan fingerprint density at radius 1 is 0.925 bits per heavy atom. The van der Waals surface area contributed by atoms with Gasteiger partial charge in [0.05, 0.1) is 11.3 Å². The number of benzene rings is 3. The van der Waals surface area contributed by atoms with Crippen LogP contribution in [0.4, 0.5) is 18.9 Å². The third-order valence-corrected chi connectivity index (χ3v) is 7.55. The molecule has 6 nitrogen and oxygen atoms in total. The van der Waals surface area contributed by atoms with Gasteiger partial charge in [-0.25, -0.2) is 0 Å². The molecule has 40 heavy (non-hydrogen) atoms. The van der Waals surface area contributed by atoms with E-state index in [2.05, 4.69) is 10.6 Å². The summed E-state index contributed by atoms with van der Waals surface area (Å²) in [6.07, 6.45) is -3.86. The Balaban J connectivity index is 1.43. The summed E-state index contributed by atoms with van der Waals surface area (Å²) in [5.41, 5.74) is 2.11. The number of para-hydroxylation sites is 1. The smallest absolute Gasteiger partial charge is 0.418 e. The van der Waals surface area contributed by atoms with Crippen LogP contribution < -0.4 is 20.1 Å². The quantitative estimate of drug-likeness (QED) is 0.394. The fraction of sp³-hybridized carbons (Fsp3) is 0.226. The Hall–Kier alpha value is -4.53. The highest BCUT2D eigenvalue weighted by molar-refractivity contribution is 6.10. The maximum absolute atomic E-state index is 13.8. The standard InChI is InChI=1S/C31H25F3N2O4/c1-17-27(30(38)36-22-10-6-5-9-21(22)31(32,33)34)28(19-11-12-25-26(15-19)40-16-39-25)29-23(35-17)13-20(14-24(29)37)18-7-3-2-4-8-18/h2-12,15,20,28,35H,13-14,16H2,1H3,(H,36,38)/t20-,28+/m0/s1. The van der Waals surface area contributed by atoms with Crippen molar-refractivity contribution in [3.8, 4) is 11.5 Å². The third-order valence-electron chi connectivity index (χ3n) is 7.55. The highest BCUT2D eigenvalue weighted by atomic mass is 19.4. The highest BCUT2D eigenvalue weighted by Crippen LogP contribution is 2.47. The molecule has 0 bridgehead atoms. The number of ether oxygens (including phenoxy) is 2. The number of ketones is 1. The molecule has 2 heterocycles. The van der Waals surface area contributed by atoms with Crippen LogP contribution in [0.25, 0.3) is 0 Å². The second kappa shape index (κ2) is 9.89. The number of rotatable bonds is 4. The van der Waals surface area contributed by atoms with Gasteiger partial charge in [0.25, 0.3) is 5.91 Å². The normalized spacial score (nSPS) is 20.2. The van der Waals surface area contributed by atoms with Gasteiger partial charge in [0, 0.05) is 34.9 Å². The molecule has 6 rings (SSSR count). The maximum atomic E-state index is 13.8. The Morgan fingerprint density at radius 3 is 2.42 bits per heavy atom. The van der Waals surface area contributed by atoms with E-state index in [4.69, 9.17) is 9.47 Å². The first-order chi connectivity index (χ1) is 19.2. The molecule has 1 aliphatic carbocycles. The summed E-state index contributed by atoms with van der Waals surface area (Å²) in [4.78, 5) is 27.6. The highest BCUT2D eigenvalue weighted by Gasteiger charge is 2.42. The summed E-state index contributed by atoms with van der Waals surface area (Å²) in [7, 11) is 0. The molecule has 3 aromatic carbocycles. The molecule has 3 aliphatic rings. The van der Waals surface area contributed by atoms with E-state index in [-0.39, 0.29) is 36.2 Å². The van der Waals surface area contributed by atoms with Gasteiger partial charge in [-0.05, 0) is 54.7 Å². The van der Waals surface area contributed by atoms with E-state index in [0.29, 0.717) is 40.5 Å². The van der Waals surface area contributed by atoms with Crippen molar-refractivity contribution in [2.45, 2.75) is 37.8 Å². The fourth-order valence-electron chi connectivity index (χ4n) is 5.76. The zero-order valence-corrected chi connectivity index (χ0v) is 21.5. The summed E-state index contributed by atoms with van der Waals surface area (Å²) in [5, 5.41) is 5.73. The van der Waals surface area contributed by atoms with Crippen LogP contribution in [0.15, 0.2) is 95.3 Å². The Morgan fingerprint density at radius 2 is 1.65 bits per heavy atom. The van der Waals surface area contributed by atoms with E-state index < -0.39 is 23.6 Å². The number of nitrogens with one attached hydrogen (secondary N) is 2. The number of fused-ring (bicyclic) bond motifs is 1. The summed E-state index contributed by atoms with van der Waals surface area (Å²) >= 11 is 0. The monoisotopic (exact) mass is 546 g/mol. The second-order valence-electron chi connectivity index (χ2n) is 10.0. The van der Waals surface area contributed by atoms with Crippen molar-refractivity contribution >= 4 is 17.4 Å². The molecule has 0 unspecified atom stereocenters. The van der Waals surface area contributed by atoms with Gasteiger partial charge < -0.3 is 20.1 Å². The number of carbonyl (C=O) groups excluding carboxylic acids is 2. The largest absolute Gasteiger partial charge is 0.454 e. The van der Waals surface area contributed by atoms with Gasteiger partial charge >= 0.3 is 6.18 Å². The molecule has 2 aliphatic heterocycles. The lowest BCUT2D eigenvalue weighted by Gasteiger charge is -2.37. The molecule has 2 N–H and O–H groups in total. The Kier molecular flexibility index (Phi) is 6.37. The van der Waals surface area contributed by atoms with Crippen LogP contribution >= 0.6 is 0 Å². The molecule has 0 spiro atoms. The number of Topliss-reactive ketones (excluding diaryl/α,β-unsaturated/α-hetero) is 1. The fourth-order valence-corrected chi connectivity index (χ4v) is 5.76. The summed E-state index contributed by atoms with van der Waals surface area (Å²) in [5.74, 6) is -0.694. The first kappa shape index (κ1) is 25.7. The van der Waals surface area contributed by atoms with Crippen LogP contribution in [0.2, 0.25) is 0 Å². The van der Waals surface area contributed by atoms with E-state index in [1.165, 1.54) is 18.2 Å². The zero-order chi connectivity index (χ0) is 28.0. The van der Waals surface area contributed by atoms with E-state index >= 15 is 0 Å². The number of hydrogen-bond donors (Lipinski definition) is 2. The Labute approximate surface area is 228 Å². The molecule has 0 saturated heterocycles. The van der Waals surface area contributed by atoms with Crippen LogP contribution in [-0.2, 0) is 15.8 Å². The van der Waals surface area contributed by atoms with Gasteiger partial charge in [0.2, 0.25) is 6.79 Å². The minimum absolute atomic E-state index is 0.0424. The first-order valence-corrected chi connectivity index (χ1v) is 12.9. The van der Waals surface area contributed by atoms with Crippen molar-refractivity contribution < 1.29 is 32.2 Å². The molecule has 3 aromatic rings. The van der Waals surface area contributed by atoms with Crippen molar-refractivity contribution in [1.82, 2.24) is 5.32 Å². The van der Waals surface area contributed by atoms with Crippen LogP contribution in [0.3, 0.4) is 0 Å². The number of dihydropyridines is 1. The average Bonchev–Trinajstić information content (AvgIpc) is 3.40. The van der Waals surface area contributed by atoms with Gasteiger partial charge in [0.1, 0.15) is 0 Å². The third kappa shape index (κ3) is 4.61. The predicted octanol–water partition coefficient (Wildman–Crippen LogP) is 6.43. The topological polar surface area (TPSA) is 76.7 Å². The number of alkyl halides is 3. The van der Waals surface area contributed by atoms with Crippen molar-refractivity contribution in [2.24, 2.45) is 0 Å². The van der Waals surface area contributed by atoms with Crippen molar-refractivity contribution in [2.75, 3.05) is 12.1 Å². The number of halogens is 3. The van der Waals surface area contributed by atoms with E-state index in [1.54, 1.807) is 25.1 Å². The van der Waals surface area contributed by atoms with Crippen LogP contribution in [-0.4, -0.2) is 18.5 Å². The van der Waals surface area contributed by atoms with Crippen LogP contribution in [0.1, 0.15) is 48.3 Å². The summed E-state index contributed by atoms with van der Waals surface area (Å²) < 4.78 is 52.0. The number of carbonyl (C=O) groups is 2. The molecule has 2 atom stereocenters. The van der Waals surface area contributed by atoms with Crippen LogP contribution in [0.5, 0.6) is 11.5 Å². The average molecular weight is 547 g/mol. The molecule has 0 aromatic heterocycles. The Bertz CT molecular complexity index is 1580. The van der Waals surface area contributed by atoms with E-state index in [1.807, 2.05) is 30.3 Å². The van der Waals surface area contributed by atoms with Crippen molar-refractivity contribution in [3.63, 3.8) is 0 Å². The van der Waals surface area contributed by atoms with Gasteiger partial charge in [0.15, 0.2) is 17.3 Å². The van der Waals surface area contributed by atoms with Gasteiger partial charge in [-0.3, -0.25) is 9.59 Å². The molecule has 9 heteroatoms. The van der Waals surface area contributed by atoms with Gasteiger partial charge in [-0.1, -0.05) is 48.5 Å². The predicted molar refractivity (Wildman–Crippen MR) is 142 cm³/mol. The van der Waals surface area contributed by atoms with Gasteiger partial charge in [-0.15, -0.1) is 0 Å². The zero-order valence-electron chi connectivity index (χ0n) is 21.5. The number of anilines is 1. The van der Waals surface area contributed by atoms with Gasteiger partial charge in [-0.2, -0.15) is 13.2 Å². The minimum atomic E-state index is -4.66. The lowest BCUT2D eigenvalue weighted by molar-refractivity contribution is -0.137. The summed E-state index contributed by atoms with van der Waals surface area (Å²) in [6, 6.07) is 19.8. The number of hydrogen-bond acceptors (Lipinski definition) is 5. The van der Waals surface area contributed by atoms with E-state index in [9.17, 15) is 22.8 Å². The van der Waals surface area contributed by atoms with Crippen molar-refractivity contribution in [3.05, 3.63) is 112 Å². The molecule has 204 valence electrons. The van der Waals surface area contributed by atoms with E-state index in [0.717, 1.165) is 11.6 Å².